The van der Waals surface area contributed by atoms with Gasteiger partial charge in [-0.05, 0) is 56.7 Å². The van der Waals surface area contributed by atoms with Gasteiger partial charge in [0.25, 0.3) is 0 Å². The van der Waals surface area contributed by atoms with Crippen LogP contribution in [0.1, 0.15) is 41.8 Å². The van der Waals surface area contributed by atoms with Gasteiger partial charge in [-0.3, -0.25) is 9.59 Å². The van der Waals surface area contributed by atoms with Crippen LogP contribution in [0.2, 0.25) is 0 Å². The topological polar surface area (TPSA) is 92.2 Å². The number of rotatable bonds is 7. The van der Waals surface area contributed by atoms with Crippen molar-refractivity contribution in [2.45, 2.75) is 44.7 Å². The minimum Gasteiger partial charge on any atom is -0.481 e. The molecule has 1 aromatic heterocycles. The van der Waals surface area contributed by atoms with E-state index in [9.17, 15) is 9.59 Å². The Hall–Kier alpha value is -2.41. The number of carboxylic acids is 1. The summed E-state index contributed by atoms with van der Waals surface area (Å²) in [6.07, 6.45) is 2.84. The van der Waals surface area contributed by atoms with Crippen LogP contribution in [0.15, 0.2) is 29.4 Å². The molecule has 1 heterocycles. The summed E-state index contributed by atoms with van der Waals surface area (Å²) in [5.41, 5.74) is 4.17. The van der Waals surface area contributed by atoms with E-state index in [0.29, 0.717) is 24.1 Å². The lowest BCUT2D eigenvalue weighted by atomic mass is 10.0. The van der Waals surface area contributed by atoms with Crippen LogP contribution in [0, 0.1) is 13.8 Å². The van der Waals surface area contributed by atoms with Crippen LogP contribution in [0.3, 0.4) is 0 Å². The molecule has 0 spiro atoms. The summed E-state index contributed by atoms with van der Waals surface area (Å²) < 4.78 is 0. The number of nitrogens with one attached hydrogen (secondary N) is 1. The van der Waals surface area contributed by atoms with Crippen molar-refractivity contribution >= 4 is 29.3 Å². The first-order valence-corrected chi connectivity index (χ1v) is 9.55. The Balaban J connectivity index is 1.96. The second-order valence-corrected chi connectivity index (χ2v) is 6.86. The van der Waals surface area contributed by atoms with Crippen molar-refractivity contribution in [1.82, 2.24) is 9.97 Å². The van der Waals surface area contributed by atoms with Crippen LogP contribution >= 0.6 is 11.8 Å². The number of carboxylic acid groups (broad SMARTS) is 1. The van der Waals surface area contributed by atoms with Gasteiger partial charge in [-0.2, -0.15) is 0 Å². The van der Waals surface area contributed by atoms with Gasteiger partial charge < -0.3 is 10.4 Å². The van der Waals surface area contributed by atoms with E-state index < -0.39 is 11.9 Å². The average Bonchev–Trinajstić information content (AvgIpc) is 2.60. The molecule has 0 aliphatic rings. The van der Waals surface area contributed by atoms with Gasteiger partial charge >= 0.3 is 5.97 Å². The molecule has 1 amide bonds. The zero-order valence-electron chi connectivity index (χ0n) is 15.4. The maximum atomic E-state index is 12.2. The molecule has 1 unspecified atom stereocenters. The zero-order chi connectivity index (χ0) is 19.3. The van der Waals surface area contributed by atoms with Crippen LogP contribution in [0.25, 0.3) is 0 Å². The summed E-state index contributed by atoms with van der Waals surface area (Å²) in [7, 11) is 0. The number of carbonyl (C=O) groups excluding carboxylic acids is 1. The van der Waals surface area contributed by atoms with E-state index in [1.807, 2.05) is 20.1 Å². The number of amides is 1. The van der Waals surface area contributed by atoms with Gasteiger partial charge in [0.1, 0.15) is 0 Å². The van der Waals surface area contributed by atoms with Crippen LogP contribution in [0.5, 0.6) is 0 Å². The molecule has 138 valence electrons. The molecule has 2 N–H and O–H groups in total. The van der Waals surface area contributed by atoms with Crippen molar-refractivity contribution < 1.29 is 14.7 Å². The zero-order valence-corrected chi connectivity index (χ0v) is 16.2. The number of aryl methyl sites for hydroxylation is 2. The average molecular weight is 373 g/mol. The summed E-state index contributed by atoms with van der Waals surface area (Å²) in [5, 5.41) is 12.6. The number of thioether (sulfide) groups is 1. The lowest BCUT2D eigenvalue weighted by molar-refractivity contribution is -0.138. The molecule has 1 aromatic carbocycles. The van der Waals surface area contributed by atoms with Crippen molar-refractivity contribution in [2.75, 3.05) is 11.6 Å². The van der Waals surface area contributed by atoms with E-state index in [4.69, 9.17) is 5.11 Å². The third-order valence-electron chi connectivity index (χ3n) is 4.25. The minimum absolute atomic E-state index is 0.100. The number of carbonyl (C=O) groups is 2. The third-order valence-corrected chi connectivity index (χ3v) is 4.80. The fourth-order valence-corrected chi connectivity index (χ4v) is 3.08. The van der Waals surface area contributed by atoms with Crippen LogP contribution in [0.4, 0.5) is 5.69 Å². The van der Waals surface area contributed by atoms with Crippen LogP contribution in [-0.2, 0) is 16.0 Å². The first-order valence-electron chi connectivity index (χ1n) is 8.32. The molecule has 0 fully saturated rings. The van der Waals surface area contributed by atoms with E-state index in [-0.39, 0.29) is 5.91 Å². The lowest BCUT2D eigenvalue weighted by Gasteiger charge is -2.11. The Morgan fingerprint density at radius 2 is 1.73 bits per heavy atom. The Kier molecular flexibility index (Phi) is 6.74. The van der Waals surface area contributed by atoms with Crippen LogP contribution < -0.4 is 5.32 Å². The molecule has 0 saturated heterocycles. The molecule has 0 aliphatic carbocycles. The minimum atomic E-state index is -0.873. The summed E-state index contributed by atoms with van der Waals surface area (Å²) in [6.45, 7) is 5.50. The molecule has 0 radical (unpaired) electrons. The molecule has 1 atom stereocenters. The highest BCUT2D eigenvalue weighted by molar-refractivity contribution is 7.98. The van der Waals surface area contributed by atoms with Gasteiger partial charge in [-0.15, -0.1) is 0 Å². The fraction of sp³-hybridized carbons (Fsp3) is 0.368. The Bertz CT molecular complexity index is 783. The van der Waals surface area contributed by atoms with Gasteiger partial charge in [-0.1, -0.05) is 23.9 Å². The van der Waals surface area contributed by atoms with Crippen LogP contribution in [-0.4, -0.2) is 33.2 Å². The number of benzene rings is 1. The third kappa shape index (κ3) is 5.05. The number of aliphatic carboxylic acids is 1. The molecular weight excluding hydrogens is 350 g/mol. The summed E-state index contributed by atoms with van der Waals surface area (Å²) in [5.74, 6) is -1.55. The van der Waals surface area contributed by atoms with Crippen molar-refractivity contribution in [3.8, 4) is 0 Å². The van der Waals surface area contributed by atoms with Gasteiger partial charge in [0, 0.05) is 23.5 Å². The van der Waals surface area contributed by atoms with Gasteiger partial charge in [-0.25, -0.2) is 9.97 Å². The standard InChI is InChI=1S/C19H23N3O3S/c1-11(18(24)25)14-5-7-15(8-6-14)22-17(23)10-9-16-12(2)20-19(26-4)21-13(16)3/h5-8,11H,9-10H2,1-4H3,(H,22,23)(H,24,25). The Morgan fingerprint density at radius 1 is 1.15 bits per heavy atom. The number of nitrogens with zero attached hydrogens (tertiary/aromatic N) is 2. The van der Waals surface area contributed by atoms with E-state index in [1.165, 1.54) is 11.8 Å². The predicted octanol–water partition coefficient (Wildman–Crippen LogP) is 3.57. The first kappa shape index (κ1) is 19.9. The highest BCUT2D eigenvalue weighted by Crippen LogP contribution is 2.19. The number of hydrogen-bond acceptors (Lipinski definition) is 5. The number of hydrogen-bond donors (Lipinski definition) is 2. The summed E-state index contributed by atoms with van der Waals surface area (Å²) in [6, 6.07) is 6.88. The van der Waals surface area contributed by atoms with Gasteiger partial charge in [0.15, 0.2) is 5.16 Å². The molecule has 0 bridgehead atoms. The molecule has 2 rings (SSSR count). The molecule has 0 aliphatic heterocycles. The Labute approximate surface area is 157 Å². The SMILES string of the molecule is CSc1nc(C)c(CCC(=O)Nc2ccc(C(C)C(=O)O)cc2)c(C)n1. The van der Waals surface area contributed by atoms with Gasteiger partial charge in [0.05, 0.1) is 5.92 Å². The van der Waals surface area contributed by atoms with Crippen molar-refractivity contribution in [3.63, 3.8) is 0 Å². The first-order chi connectivity index (χ1) is 12.3. The maximum absolute atomic E-state index is 12.2. The molecule has 7 heteroatoms. The number of anilines is 1. The second-order valence-electron chi connectivity index (χ2n) is 6.09. The quantitative estimate of drug-likeness (QED) is 0.569. The molecule has 0 saturated carbocycles. The summed E-state index contributed by atoms with van der Waals surface area (Å²) in [4.78, 5) is 32.1. The summed E-state index contributed by atoms with van der Waals surface area (Å²) >= 11 is 1.50. The highest BCUT2D eigenvalue weighted by atomic mass is 32.2. The van der Waals surface area contributed by atoms with E-state index >= 15 is 0 Å². The lowest BCUT2D eigenvalue weighted by Crippen LogP contribution is -2.14. The monoisotopic (exact) mass is 373 g/mol. The van der Waals surface area contributed by atoms with E-state index in [2.05, 4.69) is 15.3 Å². The highest BCUT2D eigenvalue weighted by Gasteiger charge is 2.14. The largest absolute Gasteiger partial charge is 0.481 e. The van der Waals surface area contributed by atoms with Gasteiger partial charge in [0.2, 0.25) is 5.91 Å². The Morgan fingerprint density at radius 3 is 2.23 bits per heavy atom. The smallest absolute Gasteiger partial charge is 0.310 e. The maximum Gasteiger partial charge on any atom is 0.310 e. The van der Waals surface area contributed by atoms with E-state index in [0.717, 1.165) is 22.1 Å². The second kappa shape index (κ2) is 8.80. The molecular formula is C19H23N3O3S. The molecule has 26 heavy (non-hydrogen) atoms. The van der Waals surface area contributed by atoms with Crippen molar-refractivity contribution in [1.29, 1.82) is 0 Å². The van der Waals surface area contributed by atoms with Crippen molar-refractivity contribution in [2.24, 2.45) is 0 Å². The number of aromatic nitrogens is 2. The fourth-order valence-electron chi connectivity index (χ4n) is 2.62. The molecule has 6 nitrogen and oxygen atoms in total. The molecule has 2 aromatic rings. The normalized spacial score (nSPS) is 11.8. The van der Waals surface area contributed by atoms with E-state index in [1.54, 1.807) is 31.2 Å². The predicted molar refractivity (Wildman–Crippen MR) is 103 cm³/mol. The van der Waals surface area contributed by atoms with Crippen molar-refractivity contribution in [3.05, 3.63) is 46.8 Å².